The van der Waals surface area contributed by atoms with E-state index < -0.39 is 0 Å². The summed E-state index contributed by atoms with van der Waals surface area (Å²) in [5.41, 5.74) is 0. The van der Waals surface area contributed by atoms with Crippen molar-refractivity contribution in [3.05, 3.63) is 28.1 Å². The van der Waals surface area contributed by atoms with Gasteiger partial charge in [-0.2, -0.15) is 5.21 Å². The summed E-state index contributed by atoms with van der Waals surface area (Å²) in [6.07, 6.45) is 0. The summed E-state index contributed by atoms with van der Waals surface area (Å²) in [5, 5.41) is 10.8. The van der Waals surface area contributed by atoms with Crippen LogP contribution in [0.25, 0.3) is 5.01 Å². The maximum atomic E-state index is 7.94. The quantitative estimate of drug-likeness (QED) is 0.614. The van der Waals surface area contributed by atoms with Gasteiger partial charge in [0.2, 0.25) is 5.01 Å². The first-order chi connectivity index (χ1) is 5.33. The van der Waals surface area contributed by atoms with Crippen molar-refractivity contribution in [2.45, 2.75) is 13.8 Å². The summed E-state index contributed by atoms with van der Waals surface area (Å²) in [5.74, 6) is 0.308. The molecule has 1 aromatic heterocycles. The third-order valence-corrected chi connectivity index (χ3v) is 0.937. The minimum Gasteiger partial charge on any atom is -0.429 e. The third kappa shape index (κ3) is 3.54. The lowest BCUT2D eigenvalue weighted by molar-refractivity contribution is 0.462. The van der Waals surface area contributed by atoms with Gasteiger partial charge in [-0.25, -0.2) is 0 Å². The molecule has 0 fully saturated rings. The van der Waals surface area contributed by atoms with Gasteiger partial charge in [-0.05, 0) is 17.7 Å². The maximum absolute atomic E-state index is 7.94. The van der Waals surface area contributed by atoms with E-state index in [0.717, 1.165) is 0 Å². The number of halogens is 1. The molecular formula is C7H9ClNO2+. The van der Waals surface area contributed by atoms with E-state index in [2.05, 4.69) is 11.1 Å². The van der Waals surface area contributed by atoms with Crippen LogP contribution in [0.4, 0.5) is 0 Å². The first-order valence-electron chi connectivity index (χ1n) is 3.18. The molecule has 0 unspecified atom stereocenters. The minimum absolute atomic E-state index is 0.251. The van der Waals surface area contributed by atoms with Crippen LogP contribution in [-0.2, 0) is 0 Å². The highest BCUT2D eigenvalue weighted by Gasteiger charge is 2.00. The zero-order valence-electron chi connectivity index (χ0n) is 6.34. The Balaban J connectivity index is 0.000000461. The lowest BCUT2D eigenvalue weighted by Crippen LogP contribution is -1.57. The van der Waals surface area contributed by atoms with Crippen molar-refractivity contribution in [1.82, 2.24) is 0 Å². The van der Waals surface area contributed by atoms with Crippen LogP contribution >= 0.6 is 11.6 Å². The van der Waals surface area contributed by atoms with E-state index in [1.165, 1.54) is 6.07 Å². The molecule has 0 bridgehead atoms. The zero-order chi connectivity index (χ0) is 8.69. The van der Waals surface area contributed by atoms with E-state index in [1.54, 1.807) is 6.07 Å². The highest BCUT2D eigenvalue weighted by molar-refractivity contribution is 6.28. The number of nitrogens with zero attached hydrogens (tertiary/aromatic N) is 1. The fourth-order valence-electron chi connectivity index (χ4n) is 0.424. The zero-order valence-corrected chi connectivity index (χ0v) is 7.09. The summed E-state index contributed by atoms with van der Waals surface area (Å²) in [6, 6.07) is 5.24. The minimum atomic E-state index is 0.251. The van der Waals surface area contributed by atoms with Crippen molar-refractivity contribution in [1.29, 1.82) is 0 Å². The first kappa shape index (κ1) is 9.86. The van der Waals surface area contributed by atoms with E-state index in [0.29, 0.717) is 5.76 Å². The fourth-order valence-corrected chi connectivity index (χ4v) is 0.570. The third-order valence-electron chi connectivity index (χ3n) is 0.733. The van der Waals surface area contributed by atoms with Gasteiger partial charge in [-0.15, -0.1) is 0 Å². The van der Waals surface area contributed by atoms with Crippen LogP contribution in [0.5, 0.6) is 0 Å². The molecule has 0 aromatic carbocycles. The molecule has 1 heterocycles. The molecule has 3 nitrogen and oxygen atoms in total. The Morgan fingerprint density at radius 2 is 2.18 bits per heavy atom. The lowest BCUT2D eigenvalue weighted by Gasteiger charge is -1.68. The molecular weight excluding hydrogens is 166 g/mol. The Morgan fingerprint density at radius 3 is 2.55 bits per heavy atom. The summed E-state index contributed by atoms with van der Waals surface area (Å²) in [4.78, 5) is 0. The number of hydrogen-bond acceptors (Lipinski definition) is 2. The highest BCUT2D eigenvalue weighted by atomic mass is 35.5. The second-order valence-electron chi connectivity index (χ2n) is 1.32. The molecule has 0 radical (unpaired) electrons. The predicted octanol–water partition coefficient (Wildman–Crippen LogP) is 3.03. The van der Waals surface area contributed by atoms with Crippen LogP contribution in [0.2, 0.25) is 5.22 Å². The maximum Gasteiger partial charge on any atom is 0.427 e. The van der Waals surface area contributed by atoms with Gasteiger partial charge in [0.1, 0.15) is 0 Å². The number of furan rings is 1. The number of rotatable bonds is 0. The Kier molecular flexibility index (Phi) is 5.05. The molecule has 0 aliphatic rings. The van der Waals surface area contributed by atoms with Crippen LogP contribution in [0.1, 0.15) is 19.6 Å². The molecule has 0 aliphatic heterocycles. The summed E-state index contributed by atoms with van der Waals surface area (Å²) in [7, 11) is 0. The molecule has 60 valence electrons. The topological polar surface area (TPSA) is 37.7 Å². The Morgan fingerprint density at radius 1 is 1.55 bits per heavy atom. The lowest BCUT2D eigenvalue weighted by atomic mass is 10.5. The molecule has 0 atom stereocenters. The van der Waals surface area contributed by atoms with Gasteiger partial charge in [-0.3, -0.25) is 0 Å². The van der Waals surface area contributed by atoms with E-state index in [1.807, 2.05) is 13.8 Å². The average Bonchev–Trinajstić information content (AvgIpc) is 2.41. The molecule has 0 amide bonds. The van der Waals surface area contributed by atoms with Crippen LogP contribution in [0.3, 0.4) is 0 Å². The van der Waals surface area contributed by atoms with Crippen molar-refractivity contribution in [3.8, 4) is 6.07 Å². The molecule has 1 N–H and O–H groups in total. The van der Waals surface area contributed by atoms with Gasteiger partial charge in [0.25, 0.3) is 5.76 Å². The van der Waals surface area contributed by atoms with Crippen molar-refractivity contribution >= 4 is 11.6 Å². The predicted molar refractivity (Wildman–Crippen MR) is 43.2 cm³/mol. The second kappa shape index (κ2) is 5.63. The Bertz CT molecular complexity index is 259. The normalized spacial score (nSPS) is 7.18. The van der Waals surface area contributed by atoms with Gasteiger partial charge < -0.3 is 4.42 Å². The SMILES string of the molecule is CC.O[N+]#Cc1ccc(Cl)o1. The molecule has 0 aliphatic carbocycles. The monoisotopic (exact) mass is 174 g/mol. The van der Waals surface area contributed by atoms with Crippen LogP contribution in [-0.4, -0.2) is 5.21 Å². The molecule has 1 aromatic rings. The smallest absolute Gasteiger partial charge is 0.427 e. The molecule has 0 saturated carbocycles. The van der Waals surface area contributed by atoms with Gasteiger partial charge in [0.15, 0.2) is 5.22 Å². The van der Waals surface area contributed by atoms with Gasteiger partial charge in [-0.1, -0.05) is 13.8 Å². The van der Waals surface area contributed by atoms with E-state index in [9.17, 15) is 0 Å². The summed E-state index contributed by atoms with van der Waals surface area (Å²) in [6.45, 7) is 4.00. The summed E-state index contributed by atoms with van der Waals surface area (Å²) >= 11 is 5.37. The van der Waals surface area contributed by atoms with Gasteiger partial charge >= 0.3 is 6.07 Å². The Labute approximate surface area is 70.0 Å². The van der Waals surface area contributed by atoms with Crippen LogP contribution in [0.15, 0.2) is 16.5 Å². The molecule has 4 heteroatoms. The standard InChI is InChI=1S/C5H2ClNO2.C2H6/c6-5-2-1-4(9-5)3-7-8;1-2/h1-2H;1-2H3/p+1. The Hall–Kier alpha value is -1.14. The summed E-state index contributed by atoms with van der Waals surface area (Å²) < 4.78 is 4.72. The van der Waals surface area contributed by atoms with Crippen molar-refractivity contribution in [2.75, 3.05) is 0 Å². The molecule has 0 saturated heterocycles. The fraction of sp³-hybridized carbons (Fsp3) is 0.286. The van der Waals surface area contributed by atoms with Crippen molar-refractivity contribution in [3.63, 3.8) is 0 Å². The highest BCUT2D eigenvalue weighted by Crippen LogP contribution is 2.11. The van der Waals surface area contributed by atoms with Crippen molar-refractivity contribution < 1.29 is 9.62 Å². The first-order valence-corrected chi connectivity index (χ1v) is 3.56. The van der Waals surface area contributed by atoms with Gasteiger partial charge in [0.05, 0.1) is 0 Å². The van der Waals surface area contributed by atoms with Crippen LogP contribution in [0, 0.1) is 6.07 Å². The largest absolute Gasteiger partial charge is 0.429 e. The second-order valence-corrected chi connectivity index (χ2v) is 1.69. The van der Waals surface area contributed by atoms with Crippen LogP contribution < -0.4 is 0 Å². The molecule has 11 heavy (non-hydrogen) atoms. The van der Waals surface area contributed by atoms with E-state index >= 15 is 0 Å². The van der Waals surface area contributed by atoms with Crippen molar-refractivity contribution in [2.24, 2.45) is 0 Å². The van der Waals surface area contributed by atoms with Gasteiger partial charge in [0, 0.05) is 6.07 Å². The van der Waals surface area contributed by atoms with E-state index in [4.69, 9.17) is 21.2 Å². The molecule has 0 spiro atoms. The molecule has 1 rings (SSSR count). The number of hydrogen-bond donors (Lipinski definition) is 1. The van der Waals surface area contributed by atoms with E-state index in [-0.39, 0.29) is 5.22 Å². The average molecular weight is 175 g/mol.